The minimum atomic E-state index is -1.46. The number of rotatable bonds is 4. The molecule has 0 aromatic rings. The number of aliphatic hydroxyl groups excluding tert-OH is 1. The Hall–Kier alpha value is -1.67. The second-order valence-corrected chi connectivity index (χ2v) is 4.41. The molecule has 20 heavy (non-hydrogen) atoms. The maximum absolute atomic E-state index is 11.1. The first-order chi connectivity index (χ1) is 9.29. The van der Waals surface area contributed by atoms with E-state index in [1.54, 1.807) is 0 Å². The lowest BCUT2D eigenvalue weighted by Gasteiger charge is -2.37. The van der Waals surface area contributed by atoms with Gasteiger partial charge in [0.15, 0.2) is 12.4 Å². The van der Waals surface area contributed by atoms with Crippen molar-refractivity contribution in [3.63, 3.8) is 0 Å². The van der Waals surface area contributed by atoms with Crippen molar-refractivity contribution in [3.8, 4) is 0 Å². The van der Waals surface area contributed by atoms with Crippen molar-refractivity contribution in [3.05, 3.63) is 0 Å². The first kappa shape index (κ1) is 16.4. The Morgan fingerprint density at radius 2 is 1.70 bits per heavy atom. The van der Waals surface area contributed by atoms with Crippen LogP contribution in [0.3, 0.4) is 0 Å². The molecule has 1 fully saturated rings. The highest BCUT2D eigenvalue weighted by Gasteiger charge is 2.42. The zero-order valence-corrected chi connectivity index (χ0v) is 11.5. The number of aliphatic hydroxyl groups is 1. The highest BCUT2D eigenvalue weighted by molar-refractivity contribution is 5.67. The van der Waals surface area contributed by atoms with Crippen LogP contribution in [0.1, 0.15) is 27.2 Å². The summed E-state index contributed by atoms with van der Waals surface area (Å²) in [6, 6.07) is 0. The molecule has 8 nitrogen and oxygen atoms in total. The number of carbonyl (C=O) groups excluding carboxylic acids is 3. The fourth-order valence-corrected chi connectivity index (χ4v) is 1.88. The molecule has 1 heterocycles. The summed E-state index contributed by atoms with van der Waals surface area (Å²) >= 11 is 0. The van der Waals surface area contributed by atoms with Gasteiger partial charge in [-0.3, -0.25) is 14.4 Å². The van der Waals surface area contributed by atoms with Gasteiger partial charge in [0, 0.05) is 27.2 Å². The summed E-state index contributed by atoms with van der Waals surface area (Å²) < 4.78 is 19.9. The van der Waals surface area contributed by atoms with Gasteiger partial charge in [-0.25, -0.2) is 0 Å². The molecule has 0 amide bonds. The zero-order valence-electron chi connectivity index (χ0n) is 11.5. The van der Waals surface area contributed by atoms with Gasteiger partial charge in [-0.05, 0) is 0 Å². The molecule has 0 radical (unpaired) electrons. The molecule has 1 rings (SSSR count). The molecule has 0 bridgehead atoms. The number of hydrogen-bond acceptors (Lipinski definition) is 8. The van der Waals surface area contributed by atoms with Crippen LogP contribution in [0.4, 0.5) is 0 Å². The molecule has 0 aliphatic carbocycles. The first-order valence-electron chi connectivity index (χ1n) is 6.11. The standard InChI is InChI=1S/C12H18O8/c1-6(13)17-5-9-4-10(18-7(2)14)11(12(16)20-9)19-8(3)15/h9-12,16H,4-5H2,1-3H3/t9-,10-,11+,12+/m0/s1. The largest absolute Gasteiger partial charge is 0.463 e. The van der Waals surface area contributed by atoms with E-state index < -0.39 is 42.5 Å². The molecule has 0 aromatic carbocycles. The fourth-order valence-electron chi connectivity index (χ4n) is 1.88. The van der Waals surface area contributed by atoms with Crippen LogP contribution < -0.4 is 0 Å². The second-order valence-electron chi connectivity index (χ2n) is 4.41. The van der Waals surface area contributed by atoms with Crippen molar-refractivity contribution < 1.29 is 38.4 Å². The van der Waals surface area contributed by atoms with Crippen LogP contribution in [0.5, 0.6) is 0 Å². The maximum atomic E-state index is 11.1. The van der Waals surface area contributed by atoms with Crippen LogP contribution in [0.15, 0.2) is 0 Å². The van der Waals surface area contributed by atoms with Gasteiger partial charge in [-0.15, -0.1) is 0 Å². The van der Waals surface area contributed by atoms with E-state index in [0.29, 0.717) is 0 Å². The van der Waals surface area contributed by atoms with Gasteiger partial charge in [0.25, 0.3) is 0 Å². The topological polar surface area (TPSA) is 108 Å². The summed E-state index contributed by atoms with van der Waals surface area (Å²) in [4.78, 5) is 32.8. The number of esters is 3. The molecule has 0 spiro atoms. The number of hydrogen-bond donors (Lipinski definition) is 1. The molecule has 114 valence electrons. The molecule has 0 unspecified atom stereocenters. The molecular weight excluding hydrogens is 272 g/mol. The maximum Gasteiger partial charge on any atom is 0.303 e. The molecule has 1 N–H and O–H groups in total. The summed E-state index contributed by atoms with van der Waals surface area (Å²) in [7, 11) is 0. The molecule has 8 heteroatoms. The molecular formula is C12H18O8. The van der Waals surface area contributed by atoms with Gasteiger partial charge < -0.3 is 24.1 Å². The van der Waals surface area contributed by atoms with Gasteiger partial charge in [0.1, 0.15) is 12.7 Å². The third-order valence-electron chi connectivity index (χ3n) is 2.57. The van der Waals surface area contributed by atoms with Crippen LogP contribution in [-0.4, -0.2) is 54.2 Å². The molecule has 4 atom stereocenters. The third kappa shape index (κ3) is 5.14. The summed E-state index contributed by atoms with van der Waals surface area (Å²) in [5, 5.41) is 9.81. The molecule has 1 aliphatic rings. The van der Waals surface area contributed by atoms with Gasteiger partial charge >= 0.3 is 17.9 Å². The average molecular weight is 290 g/mol. The predicted molar refractivity (Wildman–Crippen MR) is 63.2 cm³/mol. The van der Waals surface area contributed by atoms with Crippen molar-refractivity contribution in [2.75, 3.05) is 6.61 Å². The zero-order chi connectivity index (χ0) is 15.3. The minimum Gasteiger partial charge on any atom is -0.463 e. The Kier molecular flexibility index (Phi) is 5.90. The monoisotopic (exact) mass is 290 g/mol. The van der Waals surface area contributed by atoms with E-state index in [9.17, 15) is 19.5 Å². The van der Waals surface area contributed by atoms with Crippen LogP contribution in [0.2, 0.25) is 0 Å². The minimum absolute atomic E-state index is 0.0864. The van der Waals surface area contributed by atoms with E-state index in [-0.39, 0.29) is 13.0 Å². The van der Waals surface area contributed by atoms with E-state index in [1.165, 1.54) is 20.8 Å². The van der Waals surface area contributed by atoms with Gasteiger partial charge in [-0.1, -0.05) is 0 Å². The molecule has 1 saturated heterocycles. The summed E-state index contributed by atoms with van der Waals surface area (Å²) in [6.45, 7) is 3.53. The van der Waals surface area contributed by atoms with Crippen molar-refractivity contribution in [2.24, 2.45) is 0 Å². The van der Waals surface area contributed by atoms with Gasteiger partial charge in [0.05, 0.1) is 6.10 Å². The van der Waals surface area contributed by atoms with Crippen LogP contribution in [0.25, 0.3) is 0 Å². The van der Waals surface area contributed by atoms with Crippen molar-refractivity contribution >= 4 is 17.9 Å². The van der Waals surface area contributed by atoms with Crippen LogP contribution in [0, 0.1) is 0 Å². The van der Waals surface area contributed by atoms with E-state index in [1.807, 2.05) is 0 Å². The summed E-state index contributed by atoms with van der Waals surface area (Å²) in [5.74, 6) is -1.70. The highest BCUT2D eigenvalue weighted by atomic mass is 16.7. The third-order valence-corrected chi connectivity index (χ3v) is 2.57. The number of ether oxygens (including phenoxy) is 4. The lowest BCUT2D eigenvalue weighted by molar-refractivity contribution is -0.263. The molecule has 1 aliphatic heterocycles. The summed E-state index contributed by atoms with van der Waals surface area (Å²) in [5.41, 5.74) is 0. The molecule has 0 saturated carbocycles. The van der Waals surface area contributed by atoms with E-state index in [0.717, 1.165) is 0 Å². The van der Waals surface area contributed by atoms with Crippen molar-refractivity contribution in [1.82, 2.24) is 0 Å². The van der Waals surface area contributed by atoms with Gasteiger partial charge in [-0.2, -0.15) is 0 Å². The Balaban J connectivity index is 2.71. The van der Waals surface area contributed by atoms with Crippen LogP contribution in [-0.2, 0) is 33.3 Å². The SMILES string of the molecule is CC(=O)OC[C@@H]1C[C@H](OC(C)=O)[C@@H](OC(C)=O)[C@H](O)O1. The second kappa shape index (κ2) is 7.20. The number of carbonyl (C=O) groups is 3. The Labute approximate surface area is 115 Å². The Bertz CT molecular complexity index is 380. The Morgan fingerprint density at radius 3 is 2.20 bits per heavy atom. The average Bonchev–Trinajstić information content (AvgIpc) is 2.29. The normalized spacial score (nSPS) is 29.4. The summed E-state index contributed by atoms with van der Waals surface area (Å²) in [6.07, 6.45) is -3.93. The lowest BCUT2D eigenvalue weighted by atomic mass is 10.0. The van der Waals surface area contributed by atoms with Crippen molar-refractivity contribution in [1.29, 1.82) is 0 Å². The van der Waals surface area contributed by atoms with E-state index in [2.05, 4.69) is 0 Å². The van der Waals surface area contributed by atoms with Crippen molar-refractivity contribution in [2.45, 2.75) is 51.8 Å². The predicted octanol–water partition coefficient (Wildman–Crippen LogP) is -0.480. The lowest BCUT2D eigenvalue weighted by Crippen LogP contribution is -2.52. The van der Waals surface area contributed by atoms with E-state index in [4.69, 9.17) is 18.9 Å². The smallest absolute Gasteiger partial charge is 0.303 e. The highest BCUT2D eigenvalue weighted by Crippen LogP contribution is 2.24. The first-order valence-corrected chi connectivity index (χ1v) is 6.11. The van der Waals surface area contributed by atoms with Gasteiger partial charge in [0.2, 0.25) is 0 Å². The molecule has 0 aromatic heterocycles. The van der Waals surface area contributed by atoms with Crippen LogP contribution >= 0.6 is 0 Å². The Morgan fingerprint density at radius 1 is 1.10 bits per heavy atom. The fraction of sp³-hybridized carbons (Fsp3) is 0.750. The quantitative estimate of drug-likeness (QED) is 0.546. The van der Waals surface area contributed by atoms with E-state index >= 15 is 0 Å².